The molecule has 0 spiro atoms. The van der Waals surface area contributed by atoms with Crippen molar-refractivity contribution < 1.29 is 4.74 Å². The van der Waals surface area contributed by atoms with Crippen molar-refractivity contribution >= 4 is 22.4 Å². The normalized spacial score (nSPS) is 10.5. The molecule has 0 aliphatic carbocycles. The molecule has 0 amide bonds. The predicted molar refractivity (Wildman–Crippen MR) is 110 cm³/mol. The second kappa shape index (κ2) is 7.37. The maximum atomic E-state index is 8.89. The van der Waals surface area contributed by atoms with Gasteiger partial charge in [-0.25, -0.2) is 4.98 Å². The van der Waals surface area contributed by atoms with Crippen molar-refractivity contribution in [3.63, 3.8) is 0 Å². The molecule has 0 aliphatic heterocycles. The fraction of sp³-hybridized carbons (Fsp3) is 0.0870. The molecule has 0 atom stereocenters. The van der Waals surface area contributed by atoms with E-state index in [9.17, 15) is 0 Å². The summed E-state index contributed by atoms with van der Waals surface area (Å²) in [4.78, 5) is 8.67. The van der Waals surface area contributed by atoms with Crippen molar-refractivity contribution in [1.29, 1.82) is 5.26 Å². The zero-order valence-corrected chi connectivity index (χ0v) is 15.6. The molecule has 1 N–H and O–H groups in total. The number of hydrogen-bond acceptors (Lipinski definition) is 5. The highest BCUT2D eigenvalue weighted by molar-refractivity contribution is 5.88. The fourth-order valence-electron chi connectivity index (χ4n) is 3.02. The van der Waals surface area contributed by atoms with Gasteiger partial charge in [-0.2, -0.15) is 10.2 Å². The van der Waals surface area contributed by atoms with Gasteiger partial charge in [-0.3, -0.25) is 0 Å². The largest absolute Gasteiger partial charge is 0.439 e. The number of nitriles is 1. The highest BCUT2D eigenvalue weighted by atomic mass is 16.5. The zero-order valence-electron chi connectivity index (χ0n) is 15.6. The highest BCUT2D eigenvalue weighted by Gasteiger charge is 2.08. The summed E-state index contributed by atoms with van der Waals surface area (Å²) in [5.41, 5.74) is 3.70. The maximum Gasteiger partial charge on any atom is 0.230 e. The van der Waals surface area contributed by atoms with E-state index in [-0.39, 0.29) is 0 Å². The number of anilines is 2. The molecule has 0 saturated carbocycles. The Hall–Kier alpha value is -3.91. The van der Waals surface area contributed by atoms with Crippen LogP contribution in [-0.2, 0) is 0 Å². The first-order chi connectivity index (χ1) is 13.6. The number of fused-ring (bicyclic) bond motifs is 1. The highest BCUT2D eigenvalue weighted by Crippen LogP contribution is 2.31. The van der Waals surface area contributed by atoms with Crippen LogP contribution < -0.4 is 10.1 Å². The molecule has 1 heterocycles. The summed E-state index contributed by atoms with van der Waals surface area (Å²) in [5.74, 6) is 1.65. The van der Waals surface area contributed by atoms with Gasteiger partial charge in [0.2, 0.25) is 11.8 Å². The second-order valence-electron chi connectivity index (χ2n) is 6.55. The molecule has 1 aromatic heterocycles. The summed E-state index contributed by atoms with van der Waals surface area (Å²) in [6.45, 7) is 4.13. The number of ether oxygens (including phenoxy) is 1. The van der Waals surface area contributed by atoms with Crippen molar-refractivity contribution in [3.05, 3.63) is 83.6 Å². The zero-order chi connectivity index (χ0) is 19.5. The monoisotopic (exact) mass is 366 g/mol. The summed E-state index contributed by atoms with van der Waals surface area (Å²) in [6, 6.07) is 21.3. The van der Waals surface area contributed by atoms with Gasteiger partial charge >= 0.3 is 0 Å². The van der Waals surface area contributed by atoms with Gasteiger partial charge < -0.3 is 10.1 Å². The van der Waals surface area contributed by atoms with E-state index in [1.807, 2.05) is 25.1 Å². The smallest absolute Gasteiger partial charge is 0.230 e. The summed E-state index contributed by atoms with van der Waals surface area (Å²) in [7, 11) is 0. The summed E-state index contributed by atoms with van der Waals surface area (Å²) in [5, 5.41) is 14.4. The number of benzene rings is 3. The van der Waals surface area contributed by atoms with Crippen LogP contribution in [0.15, 0.2) is 66.9 Å². The Morgan fingerprint density at radius 3 is 2.57 bits per heavy atom. The minimum atomic E-state index is 0.427. The molecular formula is C23H18N4O. The van der Waals surface area contributed by atoms with Gasteiger partial charge in [0, 0.05) is 18.0 Å². The molecule has 0 aliphatic rings. The van der Waals surface area contributed by atoms with E-state index in [0.29, 0.717) is 17.4 Å². The summed E-state index contributed by atoms with van der Waals surface area (Å²) >= 11 is 0. The quantitative estimate of drug-likeness (QED) is 0.505. The van der Waals surface area contributed by atoms with Crippen LogP contribution >= 0.6 is 0 Å². The lowest BCUT2D eigenvalue weighted by molar-refractivity contribution is 0.460. The first-order valence-electron chi connectivity index (χ1n) is 8.90. The third kappa shape index (κ3) is 3.62. The Kier molecular flexibility index (Phi) is 4.61. The molecule has 0 fully saturated rings. The van der Waals surface area contributed by atoms with Crippen LogP contribution in [0.5, 0.6) is 11.6 Å². The molecule has 4 aromatic rings. The molecule has 0 radical (unpaired) electrons. The van der Waals surface area contributed by atoms with Gasteiger partial charge in [-0.05, 0) is 60.5 Å². The Morgan fingerprint density at radius 2 is 1.79 bits per heavy atom. The lowest BCUT2D eigenvalue weighted by Crippen LogP contribution is -1.99. The van der Waals surface area contributed by atoms with Gasteiger partial charge in [0.1, 0.15) is 5.75 Å². The van der Waals surface area contributed by atoms with Crippen molar-refractivity contribution in [2.75, 3.05) is 5.32 Å². The molecule has 3 aromatic carbocycles. The predicted octanol–water partition coefficient (Wildman–Crippen LogP) is 5.65. The Balaban J connectivity index is 1.58. The number of aryl methyl sites for hydroxylation is 2. The minimum absolute atomic E-state index is 0.427. The molecule has 0 unspecified atom stereocenters. The molecule has 4 rings (SSSR count). The van der Waals surface area contributed by atoms with E-state index >= 15 is 0 Å². The third-order valence-corrected chi connectivity index (χ3v) is 4.51. The fourth-order valence-corrected chi connectivity index (χ4v) is 3.02. The van der Waals surface area contributed by atoms with E-state index in [1.54, 1.807) is 24.4 Å². The molecule has 5 heteroatoms. The third-order valence-electron chi connectivity index (χ3n) is 4.51. The van der Waals surface area contributed by atoms with Crippen LogP contribution in [0.2, 0.25) is 0 Å². The van der Waals surface area contributed by atoms with Gasteiger partial charge in [-0.1, -0.05) is 29.8 Å². The Labute approximate surface area is 163 Å². The topological polar surface area (TPSA) is 70.8 Å². The van der Waals surface area contributed by atoms with E-state index in [4.69, 9.17) is 10.00 Å². The lowest BCUT2D eigenvalue weighted by Gasteiger charge is -2.12. The van der Waals surface area contributed by atoms with Crippen LogP contribution in [0.3, 0.4) is 0 Å². The average molecular weight is 366 g/mol. The van der Waals surface area contributed by atoms with Gasteiger partial charge in [0.05, 0.1) is 11.6 Å². The lowest BCUT2D eigenvalue weighted by atomic mass is 10.0. The Bertz CT molecular complexity index is 1190. The van der Waals surface area contributed by atoms with Crippen LogP contribution in [0.1, 0.15) is 16.7 Å². The number of nitrogens with one attached hydrogen (secondary N) is 1. The number of nitrogens with zero attached hydrogens (tertiary/aromatic N) is 3. The van der Waals surface area contributed by atoms with Crippen molar-refractivity contribution in [3.8, 4) is 17.7 Å². The van der Waals surface area contributed by atoms with E-state index < -0.39 is 0 Å². The van der Waals surface area contributed by atoms with Gasteiger partial charge in [0.15, 0.2) is 0 Å². The molecule has 0 bridgehead atoms. The SMILES string of the molecule is Cc1ccc2c(C)c(Oc3ccnc(Nc4ccc(C#N)cc4)n3)ccc2c1. The van der Waals surface area contributed by atoms with Gasteiger partial charge in [-0.15, -0.1) is 0 Å². The van der Waals surface area contributed by atoms with Crippen molar-refractivity contribution in [2.45, 2.75) is 13.8 Å². The number of aromatic nitrogens is 2. The average Bonchev–Trinajstić information content (AvgIpc) is 2.71. The first-order valence-corrected chi connectivity index (χ1v) is 8.90. The van der Waals surface area contributed by atoms with E-state index in [0.717, 1.165) is 22.4 Å². The number of hydrogen-bond donors (Lipinski definition) is 1. The van der Waals surface area contributed by atoms with E-state index in [2.05, 4.69) is 52.5 Å². The van der Waals surface area contributed by atoms with Gasteiger partial charge in [0.25, 0.3) is 0 Å². The molecule has 28 heavy (non-hydrogen) atoms. The Morgan fingerprint density at radius 1 is 0.964 bits per heavy atom. The molecule has 136 valence electrons. The standard InChI is InChI=1S/C23H18N4O/c1-15-3-9-20-16(2)21(10-6-18(20)13-15)28-22-11-12-25-23(27-22)26-19-7-4-17(14-24)5-8-19/h3-13H,1-2H3,(H,25,26,27). The van der Waals surface area contributed by atoms with Crippen LogP contribution in [0.25, 0.3) is 10.8 Å². The first kappa shape index (κ1) is 17.5. The maximum absolute atomic E-state index is 8.89. The van der Waals surface area contributed by atoms with Crippen molar-refractivity contribution in [2.24, 2.45) is 0 Å². The minimum Gasteiger partial charge on any atom is -0.439 e. The van der Waals surface area contributed by atoms with Crippen molar-refractivity contribution in [1.82, 2.24) is 9.97 Å². The number of rotatable bonds is 4. The van der Waals surface area contributed by atoms with Crippen LogP contribution in [-0.4, -0.2) is 9.97 Å². The summed E-state index contributed by atoms with van der Waals surface area (Å²) < 4.78 is 6.03. The molecule has 0 saturated heterocycles. The molecule has 5 nitrogen and oxygen atoms in total. The second-order valence-corrected chi connectivity index (χ2v) is 6.55. The van der Waals surface area contributed by atoms with E-state index in [1.165, 1.54) is 10.9 Å². The van der Waals surface area contributed by atoms with Crippen LogP contribution in [0, 0.1) is 25.2 Å². The molecular weight excluding hydrogens is 348 g/mol. The van der Waals surface area contributed by atoms with Crippen LogP contribution in [0.4, 0.5) is 11.6 Å². The summed E-state index contributed by atoms with van der Waals surface area (Å²) in [6.07, 6.45) is 1.65.